The van der Waals surface area contributed by atoms with Crippen LogP contribution in [0.25, 0.3) is 0 Å². The summed E-state index contributed by atoms with van der Waals surface area (Å²) in [4.78, 5) is 22.2. The summed E-state index contributed by atoms with van der Waals surface area (Å²) in [6, 6.07) is 7.64. The highest BCUT2D eigenvalue weighted by Crippen LogP contribution is 2.37. The fourth-order valence-electron chi connectivity index (χ4n) is 3.14. The number of carbonyl (C=O) groups excluding carboxylic acids is 2. The zero-order chi connectivity index (χ0) is 29.4. The molecule has 0 bridgehead atoms. The third-order valence-corrected chi connectivity index (χ3v) is 9.40. The van der Waals surface area contributed by atoms with E-state index in [1.165, 1.54) is 50.2 Å². The van der Waals surface area contributed by atoms with Gasteiger partial charge in [-0.2, -0.15) is 0 Å². The standard InChI is InChI=1S/C24H27Cl3O10S2/c1-4-38(30,31)14-19(37-16(3)29)13-34-17-5-7-20(8-6-17)39(32,33)21-9-22(26)24(23(27)10-21)35-12-18(11-25)36-15(2)28/h5-10,18-19H,4,11-14H2,1-3H3. The molecular formula is C24H27Cl3O10S2. The summed E-state index contributed by atoms with van der Waals surface area (Å²) < 4.78 is 71.2. The molecule has 0 saturated heterocycles. The predicted molar refractivity (Wildman–Crippen MR) is 146 cm³/mol. The van der Waals surface area contributed by atoms with Crippen LogP contribution in [-0.4, -0.2) is 71.6 Å². The van der Waals surface area contributed by atoms with Crippen LogP contribution >= 0.6 is 34.8 Å². The van der Waals surface area contributed by atoms with Crippen molar-refractivity contribution in [1.82, 2.24) is 0 Å². The molecule has 2 rings (SSSR count). The average Bonchev–Trinajstić information content (AvgIpc) is 2.85. The molecule has 0 aliphatic carbocycles. The SMILES string of the molecule is CCS(=O)(=O)CC(COc1ccc(S(=O)(=O)c2cc(Cl)c(OCC(CCl)OC(C)=O)c(Cl)c2)cc1)OC(C)=O. The highest BCUT2D eigenvalue weighted by molar-refractivity contribution is 7.91. The molecule has 10 nitrogen and oxygen atoms in total. The molecule has 15 heteroatoms. The van der Waals surface area contributed by atoms with E-state index in [0.717, 1.165) is 6.92 Å². The van der Waals surface area contributed by atoms with Gasteiger partial charge in [-0.25, -0.2) is 16.8 Å². The Morgan fingerprint density at radius 2 is 1.33 bits per heavy atom. The second-order valence-corrected chi connectivity index (χ2v) is 13.6. The Labute approximate surface area is 242 Å². The molecule has 0 aromatic heterocycles. The third kappa shape index (κ3) is 10.0. The molecule has 2 aromatic carbocycles. The van der Waals surface area contributed by atoms with E-state index in [-0.39, 0.29) is 56.2 Å². The summed E-state index contributed by atoms with van der Waals surface area (Å²) in [6.07, 6.45) is -1.80. The number of sulfone groups is 2. The normalized spacial score (nSPS) is 13.3. The van der Waals surface area contributed by atoms with E-state index in [4.69, 9.17) is 53.8 Å². The Hall–Kier alpha value is -2.25. The summed E-state index contributed by atoms with van der Waals surface area (Å²) >= 11 is 18.2. The molecule has 39 heavy (non-hydrogen) atoms. The molecule has 0 radical (unpaired) electrons. The number of alkyl halides is 1. The van der Waals surface area contributed by atoms with Gasteiger partial charge in [0.1, 0.15) is 31.2 Å². The third-order valence-electron chi connectivity index (χ3n) is 4.98. The highest BCUT2D eigenvalue weighted by atomic mass is 35.5. The summed E-state index contributed by atoms with van der Waals surface area (Å²) in [5, 5.41) is -0.175. The van der Waals surface area contributed by atoms with Gasteiger partial charge in [0.25, 0.3) is 0 Å². The summed E-state index contributed by atoms with van der Waals surface area (Å²) in [5.74, 6) is -1.56. The van der Waals surface area contributed by atoms with Crippen molar-refractivity contribution in [1.29, 1.82) is 0 Å². The van der Waals surface area contributed by atoms with Crippen molar-refractivity contribution in [3.8, 4) is 11.5 Å². The molecule has 0 amide bonds. The van der Waals surface area contributed by atoms with Gasteiger partial charge in [-0.1, -0.05) is 30.1 Å². The van der Waals surface area contributed by atoms with E-state index in [1.807, 2.05) is 0 Å². The van der Waals surface area contributed by atoms with Crippen LogP contribution in [0.4, 0.5) is 0 Å². The maximum Gasteiger partial charge on any atom is 0.303 e. The molecule has 0 spiro atoms. The first kappa shape index (κ1) is 33.0. The van der Waals surface area contributed by atoms with Gasteiger partial charge in [0.15, 0.2) is 15.6 Å². The first-order valence-electron chi connectivity index (χ1n) is 11.4. The zero-order valence-electron chi connectivity index (χ0n) is 21.2. The number of rotatable bonds is 14. The Morgan fingerprint density at radius 3 is 1.82 bits per heavy atom. The summed E-state index contributed by atoms with van der Waals surface area (Å²) in [6.45, 7) is 3.45. The maximum absolute atomic E-state index is 13.2. The van der Waals surface area contributed by atoms with E-state index in [1.54, 1.807) is 0 Å². The highest BCUT2D eigenvalue weighted by Gasteiger charge is 2.24. The van der Waals surface area contributed by atoms with Crippen molar-refractivity contribution in [3.05, 3.63) is 46.4 Å². The Balaban J connectivity index is 2.17. The Kier molecular flexibility index (Phi) is 12.2. The van der Waals surface area contributed by atoms with Crippen LogP contribution in [0, 0.1) is 0 Å². The number of halogens is 3. The van der Waals surface area contributed by atoms with Gasteiger partial charge < -0.3 is 18.9 Å². The Morgan fingerprint density at radius 1 is 0.821 bits per heavy atom. The number of ether oxygens (including phenoxy) is 4. The molecule has 2 atom stereocenters. The van der Waals surface area contributed by atoms with Gasteiger partial charge in [-0.05, 0) is 36.4 Å². The molecule has 0 saturated carbocycles. The predicted octanol–water partition coefficient (Wildman–Crippen LogP) is 4.12. The van der Waals surface area contributed by atoms with Crippen molar-refractivity contribution in [2.24, 2.45) is 0 Å². The zero-order valence-corrected chi connectivity index (χ0v) is 25.1. The van der Waals surface area contributed by atoms with Gasteiger partial charge in [0.05, 0.1) is 31.5 Å². The van der Waals surface area contributed by atoms with Gasteiger partial charge >= 0.3 is 11.9 Å². The van der Waals surface area contributed by atoms with Crippen LogP contribution in [0.3, 0.4) is 0 Å². The topological polar surface area (TPSA) is 139 Å². The van der Waals surface area contributed by atoms with Gasteiger partial charge in [0, 0.05) is 19.6 Å². The minimum atomic E-state index is -4.06. The largest absolute Gasteiger partial charge is 0.490 e. The van der Waals surface area contributed by atoms with E-state index in [2.05, 4.69) is 0 Å². The number of hydrogen-bond acceptors (Lipinski definition) is 10. The van der Waals surface area contributed by atoms with Crippen molar-refractivity contribution in [2.45, 2.75) is 42.8 Å². The fraction of sp³-hybridized carbons (Fsp3) is 0.417. The molecule has 216 valence electrons. The lowest BCUT2D eigenvalue weighted by Crippen LogP contribution is -2.32. The second-order valence-electron chi connectivity index (χ2n) is 8.13. The molecule has 0 heterocycles. The van der Waals surface area contributed by atoms with Gasteiger partial charge in [-0.15, -0.1) is 11.6 Å². The van der Waals surface area contributed by atoms with E-state index >= 15 is 0 Å². The van der Waals surface area contributed by atoms with E-state index in [9.17, 15) is 26.4 Å². The van der Waals surface area contributed by atoms with Crippen molar-refractivity contribution in [3.63, 3.8) is 0 Å². The van der Waals surface area contributed by atoms with E-state index < -0.39 is 49.6 Å². The van der Waals surface area contributed by atoms with Gasteiger partial charge in [0.2, 0.25) is 9.84 Å². The van der Waals surface area contributed by atoms with Crippen LogP contribution < -0.4 is 9.47 Å². The van der Waals surface area contributed by atoms with Crippen molar-refractivity contribution in [2.75, 3.05) is 30.6 Å². The minimum Gasteiger partial charge on any atom is -0.490 e. The molecule has 0 aliphatic heterocycles. The molecule has 2 unspecified atom stereocenters. The quantitative estimate of drug-likeness (QED) is 0.218. The lowest BCUT2D eigenvalue weighted by Gasteiger charge is -2.18. The second kappa shape index (κ2) is 14.4. The minimum absolute atomic E-state index is 0.00396. The molecule has 0 aliphatic rings. The van der Waals surface area contributed by atoms with Crippen LogP contribution in [0.15, 0.2) is 46.2 Å². The first-order valence-corrected chi connectivity index (χ1v) is 16.0. The number of esters is 2. The lowest BCUT2D eigenvalue weighted by molar-refractivity contribution is -0.147. The number of benzene rings is 2. The smallest absolute Gasteiger partial charge is 0.303 e. The summed E-state index contributed by atoms with van der Waals surface area (Å²) in [7, 11) is -7.51. The van der Waals surface area contributed by atoms with Crippen molar-refractivity contribution < 1.29 is 45.4 Å². The van der Waals surface area contributed by atoms with Crippen LogP contribution in [0.1, 0.15) is 20.8 Å². The van der Waals surface area contributed by atoms with E-state index in [0.29, 0.717) is 0 Å². The average molecular weight is 646 g/mol. The Bertz CT molecular complexity index is 1350. The van der Waals surface area contributed by atoms with Crippen LogP contribution in [0.2, 0.25) is 10.0 Å². The van der Waals surface area contributed by atoms with Gasteiger partial charge in [-0.3, -0.25) is 9.59 Å². The molecular weight excluding hydrogens is 619 g/mol. The van der Waals surface area contributed by atoms with Crippen molar-refractivity contribution >= 4 is 66.4 Å². The maximum atomic E-state index is 13.2. The molecule has 0 N–H and O–H groups in total. The summed E-state index contributed by atoms with van der Waals surface area (Å²) in [5.41, 5.74) is 0. The van der Waals surface area contributed by atoms with Crippen LogP contribution in [-0.2, 0) is 38.7 Å². The molecule has 0 fully saturated rings. The molecule has 2 aromatic rings. The fourth-order valence-corrected chi connectivity index (χ4v) is 6.30. The number of carbonyl (C=O) groups is 2. The monoisotopic (exact) mass is 644 g/mol. The number of hydrogen-bond donors (Lipinski definition) is 0. The van der Waals surface area contributed by atoms with Crippen LogP contribution in [0.5, 0.6) is 11.5 Å². The lowest BCUT2D eigenvalue weighted by atomic mass is 10.3. The first-order chi connectivity index (χ1) is 18.2.